The van der Waals surface area contributed by atoms with Crippen molar-refractivity contribution in [3.63, 3.8) is 0 Å². The van der Waals surface area contributed by atoms with E-state index in [2.05, 4.69) is 71.7 Å². The van der Waals surface area contributed by atoms with Crippen molar-refractivity contribution in [1.29, 1.82) is 0 Å². The van der Waals surface area contributed by atoms with Crippen LogP contribution in [-0.2, 0) is 13.1 Å². The highest BCUT2D eigenvalue weighted by atomic mass is 32.1. The number of benzene rings is 1. The van der Waals surface area contributed by atoms with Gasteiger partial charge in [0.05, 0.1) is 12.2 Å². The summed E-state index contributed by atoms with van der Waals surface area (Å²) >= 11 is 1.73. The number of rotatable bonds is 5. The van der Waals surface area contributed by atoms with E-state index < -0.39 is 0 Å². The topological polar surface area (TPSA) is 52.6 Å². The summed E-state index contributed by atoms with van der Waals surface area (Å²) in [6, 6.07) is 6.51. The van der Waals surface area contributed by atoms with E-state index in [1.807, 2.05) is 6.92 Å². The van der Waals surface area contributed by atoms with E-state index in [0.717, 1.165) is 23.2 Å². The van der Waals surface area contributed by atoms with Gasteiger partial charge in [-0.1, -0.05) is 12.1 Å². The predicted molar refractivity (Wildman–Crippen MR) is 104 cm³/mol. The molecule has 0 unspecified atom stereocenters. The van der Waals surface area contributed by atoms with Crippen LogP contribution in [0.1, 0.15) is 26.7 Å². The summed E-state index contributed by atoms with van der Waals surface area (Å²) in [6.07, 6.45) is 0. The second-order valence-corrected chi connectivity index (χ2v) is 7.34. The van der Waals surface area contributed by atoms with Crippen LogP contribution in [-0.4, -0.2) is 32.1 Å². The largest absolute Gasteiger partial charge is 0.377 e. The van der Waals surface area contributed by atoms with E-state index >= 15 is 0 Å². The molecule has 0 aliphatic rings. The molecule has 0 saturated heterocycles. The average molecular weight is 346 g/mol. The number of nitrogens with one attached hydrogen (secondary N) is 2. The van der Waals surface area contributed by atoms with Crippen LogP contribution in [0.15, 0.2) is 23.2 Å². The van der Waals surface area contributed by atoms with Crippen LogP contribution in [0.25, 0.3) is 0 Å². The van der Waals surface area contributed by atoms with Crippen LogP contribution in [0.3, 0.4) is 0 Å². The minimum Gasteiger partial charge on any atom is -0.377 e. The number of hydrogen-bond acceptors (Lipinski definition) is 4. The van der Waals surface area contributed by atoms with E-state index in [1.54, 1.807) is 18.4 Å². The Hall–Kier alpha value is -2.08. The molecule has 0 saturated carbocycles. The van der Waals surface area contributed by atoms with Crippen molar-refractivity contribution in [2.24, 2.45) is 4.99 Å². The Morgan fingerprint density at radius 3 is 2.46 bits per heavy atom. The first-order valence-corrected chi connectivity index (χ1v) is 8.86. The molecule has 6 heteroatoms. The molecular weight excluding hydrogens is 318 g/mol. The maximum atomic E-state index is 4.55. The summed E-state index contributed by atoms with van der Waals surface area (Å²) in [7, 11) is 5.92. The standard InChI is InChI=1S/C18H27N5S/c1-12-7-8-15(16(9-12)23(5)6)10-20-18(19-4)21-11-17-22-13(2)14(3)24-17/h7-9H,10-11H2,1-6H3,(H2,19,20,21). The molecule has 24 heavy (non-hydrogen) atoms. The molecule has 1 aromatic heterocycles. The van der Waals surface area contributed by atoms with Gasteiger partial charge in [-0.25, -0.2) is 4.98 Å². The van der Waals surface area contributed by atoms with Gasteiger partial charge in [-0.15, -0.1) is 11.3 Å². The minimum absolute atomic E-state index is 0.688. The number of aromatic nitrogens is 1. The normalized spacial score (nSPS) is 11.5. The van der Waals surface area contributed by atoms with Crippen molar-refractivity contribution in [2.75, 3.05) is 26.0 Å². The molecule has 2 aromatic rings. The lowest BCUT2D eigenvalue weighted by Gasteiger charge is -2.19. The van der Waals surface area contributed by atoms with Crippen molar-refractivity contribution in [3.05, 3.63) is 44.9 Å². The van der Waals surface area contributed by atoms with Crippen LogP contribution in [0.4, 0.5) is 5.69 Å². The molecule has 0 spiro atoms. The monoisotopic (exact) mass is 345 g/mol. The van der Waals surface area contributed by atoms with Gasteiger partial charge in [-0.05, 0) is 38.0 Å². The molecule has 0 fully saturated rings. The SMILES string of the molecule is CN=C(NCc1nc(C)c(C)s1)NCc1ccc(C)cc1N(C)C. The molecule has 130 valence electrons. The highest BCUT2D eigenvalue weighted by molar-refractivity contribution is 7.11. The van der Waals surface area contributed by atoms with Crippen molar-refractivity contribution in [1.82, 2.24) is 15.6 Å². The first kappa shape index (κ1) is 18.3. The molecule has 0 atom stereocenters. The molecule has 0 bridgehead atoms. The zero-order valence-corrected chi connectivity index (χ0v) is 16.2. The molecule has 1 aromatic carbocycles. The number of hydrogen-bond donors (Lipinski definition) is 2. The van der Waals surface area contributed by atoms with E-state index in [4.69, 9.17) is 0 Å². The van der Waals surface area contributed by atoms with Gasteiger partial charge in [0.1, 0.15) is 5.01 Å². The molecular formula is C18H27N5S. The van der Waals surface area contributed by atoms with Gasteiger partial charge in [-0.3, -0.25) is 4.99 Å². The number of aryl methyl sites for hydroxylation is 3. The number of guanidine groups is 1. The number of anilines is 1. The molecule has 2 rings (SSSR count). The molecule has 2 N–H and O–H groups in total. The lowest BCUT2D eigenvalue weighted by Crippen LogP contribution is -2.36. The Balaban J connectivity index is 1.97. The van der Waals surface area contributed by atoms with Gasteiger partial charge in [-0.2, -0.15) is 0 Å². The maximum absolute atomic E-state index is 4.55. The Kier molecular flexibility index (Phi) is 6.20. The molecule has 5 nitrogen and oxygen atoms in total. The summed E-state index contributed by atoms with van der Waals surface area (Å²) in [5.74, 6) is 0.783. The highest BCUT2D eigenvalue weighted by Crippen LogP contribution is 2.20. The Bertz CT molecular complexity index is 699. The highest BCUT2D eigenvalue weighted by Gasteiger charge is 2.07. The fraction of sp³-hybridized carbons (Fsp3) is 0.444. The third-order valence-corrected chi connectivity index (χ3v) is 4.95. The van der Waals surface area contributed by atoms with Crippen LogP contribution >= 0.6 is 11.3 Å². The smallest absolute Gasteiger partial charge is 0.191 e. The molecule has 1 heterocycles. The van der Waals surface area contributed by atoms with Crippen LogP contribution in [0, 0.1) is 20.8 Å². The Morgan fingerprint density at radius 1 is 1.17 bits per heavy atom. The van der Waals surface area contributed by atoms with Crippen LogP contribution in [0.2, 0.25) is 0 Å². The number of thiazole rings is 1. The molecule has 0 amide bonds. The van der Waals surface area contributed by atoms with Gasteiger partial charge in [0.15, 0.2) is 5.96 Å². The van der Waals surface area contributed by atoms with Crippen LogP contribution in [0.5, 0.6) is 0 Å². The summed E-state index contributed by atoms with van der Waals surface area (Å²) in [4.78, 5) is 12.3. The summed E-state index contributed by atoms with van der Waals surface area (Å²) in [5, 5.41) is 7.79. The van der Waals surface area contributed by atoms with Gasteiger partial charge in [0.25, 0.3) is 0 Å². The van der Waals surface area contributed by atoms with Crippen molar-refractivity contribution < 1.29 is 0 Å². The van der Waals surface area contributed by atoms with E-state index in [0.29, 0.717) is 6.54 Å². The van der Waals surface area contributed by atoms with E-state index in [-0.39, 0.29) is 0 Å². The average Bonchev–Trinajstić information content (AvgIpc) is 2.86. The third kappa shape index (κ3) is 4.71. The lowest BCUT2D eigenvalue weighted by molar-refractivity contribution is 0.802. The summed E-state index contributed by atoms with van der Waals surface area (Å²) in [6.45, 7) is 7.67. The van der Waals surface area contributed by atoms with Crippen molar-refractivity contribution in [3.8, 4) is 0 Å². The quantitative estimate of drug-likeness (QED) is 0.646. The maximum Gasteiger partial charge on any atom is 0.191 e. The third-order valence-electron chi connectivity index (χ3n) is 3.87. The van der Waals surface area contributed by atoms with Gasteiger partial charge < -0.3 is 15.5 Å². The van der Waals surface area contributed by atoms with Gasteiger partial charge >= 0.3 is 0 Å². The predicted octanol–water partition coefficient (Wildman–Crippen LogP) is 3.00. The summed E-state index contributed by atoms with van der Waals surface area (Å²) < 4.78 is 0. The van der Waals surface area contributed by atoms with E-state index in [1.165, 1.54) is 21.7 Å². The van der Waals surface area contributed by atoms with E-state index in [9.17, 15) is 0 Å². The zero-order valence-electron chi connectivity index (χ0n) is 15.4. The Morgan fingerprint density at radius 2 is 1.88 bits per heavy atom. The number of aliphatic imine (C=N–C) groups is 1. The fourth-order valence-corrected chi connectivity index (χ4v) is 3.29. The van der Waals surface area contributed by atoms with Crippen molar-refractivity contribution >= 4 is 23.0 Å². The minimum atomic E-state index is 0.688. The first-order valence-electron chi connectivity index (χ1n) is 8.05. The fourth-order valence-electron chi connectivity index (χ4n) is 2.41. The second kappa shape index (κ2) is 8.15. The van der Waals surface area contributed by atoms with Crippen LogP contribution < -0.4 is 15.5 Å². The zero-order chi connectivity index (χ0) is 17.7. The Labute approximate surface area is 148 Å². The van der Waals surface area contributed by atoms with Gasteiger partial charge in [0, 0.05) is 38.3 Å². The summed E-state index contributed by atoms with van der Waals surface area (Å²) in [5.41, 5.74) is 4.84. The molecule has 0 radical (unpaired) electrons. The lowest BCUT2D eigenvalue weighted by atomic mass is 10.1. The number of nitrogens with zero attached hydrogens (tertiary/aromatic N) is 3. The molecule has 0 aliphatic carbocycles. The molecule has 0 aliphatic heterocycles. The van der Waals surface area contributed by atoms with Crippen molar-refractivity contribution in [2.45, 2.75) is 33.9 Å². The second-order valence-electron chi connectivity index (χ2n) is 6.06. The van der Waals surface area contributed by atoms with Gasteiger partial charge in [0.2, 0.25) is 0 Å². The first-order chi connectivity index (χ1) is 11.4.